The molecule has 0 atom stereocenters. The lowest BCUT2D eigenvalue weighted by atomic mass is 9.92. The Bertz CT molecular complexity index is 918. The number of carbonyl (C=O) groups is 1. The lowest BCUT2D eigenvalue weighted by Crippen LogP contribution is -2.22. The molecule has 27 heavy (non-hydrogen) atoms. The van der Waals surface area contributed by atoms with Crippen LogP contribution in [0.2, 0.25) is 0 Å². The van der Waals surface area contributed by atoms with E-state index in [9.17, 15) is 4.79 Å². The van der Waals surface area contributed by atoms with Crippen LogP contribution in [0.5, 0.6) is 5.75 Å². The summed E-state index contributed by atoms with van der Waals surface area (Å²) in [5.41, 5.74) is 3.23. The second-order valence-electron chi connectivity index (χ2n) is 7.47. The Morgan fingerprint density at radius 3 is 2.11 bits per heavy atom. The highest BCUT2D eigenvalue weighted by Gasteiger charge is 2.16. The zero-order valence-electron chi connectivity index (χ0n) is 16.5. The van der Waals surface area contributed by atoms with Gasteiger partial charge in [0.2, 0.25) is 0 Å². The van der Waals surface area contributed by atoms with E-state index < -0.39 is 0 Å². The Morgan fingerprint density at radius 2 is 1.48 bits per heavy atom. The predicted molar refractivity (Wildman–Crippen MR) is 113 cm³/mol. The summed E-state index contributed by atoms with van der Waals surface area (Å²) in [6.07, 6.45) is 0. The number of carbonyl (C=O) groups excluding carboxylic acids is 1. The van der Waals surface area contributed by atoms with Crippen LogP contribution in [0.25, 0.3) is 10.8 Å². The quantitative estimate of drug-likeness (QED) is 0.576. The van der Waals surface area contributed by atoms with Gasteiger partial charge < -0.3 is 10.1 Å². The van der Waals surface area contributed by atoms with Crippen LogP contribution in [0.1, 0.15) is 50.7 Å². The lowest BCUT2D eigenvalue weighted by molar-refractivity contribution is -0.118. The Kier molecular flexibility index (Phi) is 5.80. The highest BCUT2D eigenvalue weighted by molar-refractivity contribution is 5.94. The van der Waals surface area contributed by atoms with Crippen molar-refractivity contribution in [1.82, 2.24) is 0 Å². The summed E-state index contributed by atoms with van der Waals surface area (Å²) in [5.74, 6) is 1.23. The average molecular weight is 361 g/mol. The van der Waals surface area contributed by atoms with Gasteiger partial charge in [0.05, 0.1) is 0 Å². The Labute approximate surface area is 161 Å². The molecular weight excluding hydrogens is 334 g/mol. The number of anilines is 1. The van der Waals surface area contributed by atoms with Crippen molar-refractivity contribution in [2.45, 2.75) is 39.5 Å². The topological polar surface area (TPSA) is 38.3 Å². The summed E-state index contributed by atoms with van der Waals surface area (Å²) >= 11 is 0. The molecule has 0 saturated carbocycles. The number of amides is 1. The standard InChI is InChI=1S/C24H27NO2/c1-16(2)21-10-7-11-22(17(3)4)24(21)25-23(26)15-27-20-13-12-18-8-5-6-9-19(18)14-20/h5-14,16-17H,15H2,1-4H3,(H,25,26). The summed E-state index contributed by atoms with van der Waals surface area (Å²) in [6.45, 7) is 8.55. The molecule has 1 N–H and O–H groups in total. The van der Waals surface area contributed by atoms with Crippen LogP contribution in [-0.4, -0.2) is 12.5 Å². The van der Waals surface area contributed by atoms with Crippen LogP contribution < -0.4 is 10.1 Å². The third-order valence-corrected chi connectivity index (χ3v) is 4.73. The zero-order chi connectivity index (χ0) is 19.4. The molecule has 0 heterocycles. The molecule has 0 aliphatic rings. The van der Waals surface area contributed by atoms with E-state index in [4.69, 9.17) is 4.74 Å². The van der Waals surface area contributed by atoms with Gasteiger partial charge in [-0.25, -0.2) is 0 Å². The molecule has 0 aliphatic carbocycles. The molecular formula is C24H27NO2. The second kappa shape index (κ2) is 8.26. The van der Waals surface area contributed by atoms with E-state index in [1.165, 1.54) is 0 Å². The molecule has 3 aromatic rings. The van der Waals surface area contributed by atoms with Gasteiger partial charge in [0.15, 0.2) is 6.61 Å². The van der Waals surface area contributed by atoms with Gasteiger partial charge in [0, 0.05) is 5.69 Å². The number of hydrogen-bond donors (Lipinski definition) is 1. The van der Waals surface area contributed by atoms with Crippen molar-refractivity contribution in [3.05, 3.63) is 71.8 Å². The molecule has 140 valence electrons. The van der Waals surface area contributed by atoms with Gasteiger partial charge in [-0.1, -0.05) is 76.2 Å². The van der Waals surface area contributed by atoms with Crippen molar-refractivity contribution >= 4 is 22.4 Å². The lowest BCUT2D eigenvalue weighted by Gasteiger charge is -2.20. The summed E-state index contributed by atoms with van der Waals surface area (Å²) in [7, 11) is 0. The van der Waals surface area contributed by atoms with E-state index in [0.29, 0.717) is 17.6 Å². The molecule has 3 nitrogen and oxygen atoms in total. The van der Waals surface area contributed by atoms with Crippen LogP contribution >= 0.6 is 0 Å². The highest BCUT2D eigenvalue weighted by atomic mass is 16.5. The van der Waals surface area contributed by atoms with Gasteiger partial charge in [-0.2, -0.15) is 0 Å². The molecule has 0 fully saturated rings. The summed E-state index contributed by atoms with van der Waals surface area (Å²) in [6, 6.07) is 20.2. The van der Waals surface area contributed by atoms with Crippen LogP contribution in [0.15, 0.2) is 60.7 Å². The van der Waals surface area contributed by atoms with Gasteiger partial charge in [-0.05, 0) is 45.9 Å². The highest BCUT2D eigenvalue weighted by Crippen LogP contribution is 2.32. The predicted octanol–water partition coefficient (Wildman–Crippen LogP) is 6.10. The second-order valence-corrected chi connectivity index (χ2v) is 7.47. The van der Waals surface area contributed by atoms with E-state index in [0.717, 1.165) is 27.6 Å². The average Bonchev–Trinajstić information content (AvgIpc) is 2.66. The molecule has 1 amide bonds. The fraction of sp³-hybridized carbons (Fsp3) is 0.292. The molecule has 0 radical (unpaired) electrons. The molecule has 0 unspecified atom stereocenters. The smallest absolute Gasteiger partial charge is 0.262 e. The summed E-state index contributed by atoms with van der Waals surface area (Å²) in [4.78, 5) is 12.6. The Hall–Kier alpha value is -2.81. The fourth-order valence-corrected chi connectivity index (χ4v) is 3.28. The fourth-order valence-electron chi connectivity index (χ4n) is 3.28. The van der Waals surface area contributed by atoms with E-state index >= 15 is 0 Å². The molecule has 3 rings (SSSR count). The van der Waals surface area contributed by atoms with Crippen molar-refractivity contribution in [3.8, 4) is 5.75 Å². The van der Waals surface area contributed by atoms with E-state index in [2.05, 4.69) is 57.3 Å². The molecule has 3 aromatic carbocycles. The minimum atomic E-state index is -0.141. The van der Waals surface area contributed by atoms with Gasteiger partial charge in [-0.15, -0.1) is 0 Å². The molecule has 0 saturated heterocycles. The number of nitrogens with one attached hydrogen (secondary N) is 1. The maximum atomic E-state index is 12.6. The van der Waals surface area contributed by atoms with Crippen LogP contribution in [0.4, 0.5) is 5.69 Å². The number of ether oxygens (including phenoxy) is 1. The molecule has 0 spiro atoms. The molecule has 3 heteroatoms. The summed E-state index contributed by atoms with van der Waals surface area (Å²) < 4.78 is 5.74. The van der Waals surface area contributed by atoms with E-state index in [-0.39, 0.29) is 12.5 Å². The first-order valence-electron chi connectivity index (χ1n) is 9.50. The van der Waals surface area contributed by atoms with Gasteiger partial charge in [0.1, 0.15) is 5.75 Å². The van der Waals surface area contributed by atoms with Crippen molar-refractivity contribution in [1.29, 1.82) is 0 Å². The van der Waals surface area contributed by atoms with Crippen LogP contribution in [0, 0.1) is 0 Å². The number of hydrogen-bond acceptors (Lipinski definition) is 2. The molecule has 0 aliphatic heterocycles. The Morgan fingerprint density at radius 1 is 0.852 bits per heavy atom. The van der Waals surface area contributed by atoms with Gasteiger partial charge in [0.25, 0.3) is 5.91 Å². The summed E-state index contributed by atoms with van der Waals surface area (Å²) in [5, 5.41) is 5.34. The van der Waals surface area contributed by atoms with Crippen molar-refractivity contribution in [3.63, 3.8) is 0 Å². The maximum absolute atomic E-state index is 12.6. The largest absolute Gasteiger partial charge is 0.484 e. The molecule has 0 bridgehead atoms. The minimum absolute atomic E-state index is 0.0116. The monoisotopic (exact) mass is 361 g/mol. The van der Waals surface area contributed by atoms with Crippen LogP contribution in [-0.2, 0) is 4.79 Å². The third kappa shape index (κ3) is 4.48. The minimum Gasteiger partial charge on any atom is -0.484 e. The normalized spacial score (nSPS) is 11.2. The maximum Gasteiger partial charge on any atom is 0.262 e. The third-order valence-electron chi connectivity index (χ3n) is 4.73. The Balaban J connectivity index is 1.73. The first kappa shape index (κ1) is 19.0. The van der Waals surface area contributed by atoms with Crippen molar-refractivity contribution in [2.24, 2.45) is 0 Å². The van der Waals surface area contributed by atoms with Crippen LogP contribution in [0.3, 0.4) is 0 Å². The van der Waals surface area contributed by atoms with Gasteiger partial charge in [-0.3, -0.25) is 4.79 Å². The number of fused-ring (bicyclic) bond motifs is 1. The van der Waals surface area contributed by atoms with Crippen molar-refractivity contribution in [2.75, 3.05) is 11.9 Å². The zero-order valence-corrected chi connectivity index (χ0v) is 16.5. The number of para-hydroxylation sites is 1. The van der Waals surface area contributed by atoms with Crippen molar-refractivity contribution < 1.29 is 9.53 Å². The number of benzene rings is 3. The first-order valence-corrected chi connectivity index (χ1v) is 9.50. The van der Waals surface area contributed by atoms with E-state index in [1.807, 2.05) is 36.4 Å². The molecule has 0 aromatic heterocycles. The van der Waals surface area contributed by atoms with E-state index in [1.54, 1.807) is 0 Å². The SMILES string of the molecule is CC(C)c1cccc(C(C)C)c1NC(=O)COc1ccc2ccccc2c1. The number of rotatable bonds is 6. The first-order chi connectivity index (χ1) is 13.0. The van der Waals surface area contributed by atoms with Gasteiger partial charge >= 0.3 is 0 Å².